The van der Waals surface area contributed by atoms with E-state index in [2.05, 4.69) is 10.2 Å². The molecule has 0 aliphatic carbocycles. The molecule has 0 unspecified atom stereocenters. The van der Waals surface area contributed by atoms with Crippen LogP contribution in [0.5, 0.6) is 0 Å². The molecule has 7 heteroatoms. The molecule has 1 atom stereocenters. The molecule has 0 radical (unpaired) electrons. The van der Waals surface area contributed by atoms with Gasteiger partial charge in [0.25, 0.3) is 0 Å². The monoisotopic (exact) mass is 375 g/mol. The number of likely N-dealkylation sites (N-methyl/N-ethyl adjacent to an activating group) is 1. The summed E-state index contributed by atoms with van der Waals surface area (Å²) in [5, 5.41) is 2.80. The molecule has 0 aromatic heterocycles. The largest absolute Gasteiger partial charge is 0.333 e. The topological polar surface area (TPSA) is 35.6 Å². The van der Waals surface area contributed by atoms with E-state index in [4.69, 9.17) is 34.8 Å². The molecule has 1 aliphatic heterocycles. The van der Waals surface area contributed by atoms with Crippen molar-refractivity contribution in [3.05, 3.63) is 42.0 Å². The first-order valence-electron chi connectivity index (χ1n) is 7.39. The summed E-state index contributed by atoms with van der Waals surface area (Å²) >= 11 is 18.2. The number of amides is 1. The third kappa shape index (κ3) is 5.98. The highest BCUT2D eigenvalue weighted by atomic mass is 35.6. The van der Waals surface area contributed by atoms with E-state index in [9.17, 15) is 4.79 Å². The van der Waals surface area contributed by atoms with Crippen molar-refractivity contribution in [1.82, 2.24) is 15.1 Å². The summed E-state index contributed by atoms with van der Waals surface area (Å²) in [5.41, 5.74) is 0.938. The first kappa shape index (κ1) is 18.6. The molecule has 1 aliphatic rings. The maximum atomic E-state index is 12.2. The molecule has 1 aromatic rings. The van der Waals surface area contributed by atoms with Gasteiger partial charge in [-0.15, -0.1) is 0 Å². The second-order valence-electron chi connectivity index (χ2n) is 5.54. The van der Waals surface area contributed by atoms with Crippen molar-refractivity contribution >= 4 is 46.8 Å². The molecular weight excluding hydrogens is 357 g/mol. The van der Waals surface area contributed by atoms with E-state index in [-0.39, 0.29) is 5.91 Å². The summed E-state index contributed by atoms with van der Waals surface area (Å²) in [5.74, 6) is -0.288. The van der Waals surface area contributed by atoms with E-state index >= 15 is 0 Å². The van der Waals surface area contributed by atoms with E-state index < -0.39 is 9.96 Å². The molecular formula is C16H20Cl3N3O. The predicted molar refractivity (Wildman–Crippen MR) is 96.8 cm³/mol. The molecule has 1 aromatic carbocycles. The lowest BCUT2D eigenvalue weighted by atomic mass is 10.2. The highest BCUT2D eigenvalue weighted by Gasteiger charge is 2.39. The number of carbonyl (C=O) groups excluding carboxylic acids is 1. The van der Waals surface area contributed by atoms with Gasteiger partial charge in [0.2, 0.25) is 9.70 Å². The van der Waals surface area contributed by atoms with Gasteiger partial charge in [0.1, 0.15) is 6.17 Å². The fraction of sp³-hybridized carbons (Fsp3) is 0.438. The second kappa shape index (κ2) is 8.36. The Balaban J connectivity index is 2.00. The standard InChI is InChI=1S/C16H20Cl3N3O/c1-21-9-11-22(12-10-21)15(16(17,18)19)20-14(23)8-7-13-5-3-2-4-6-13/h2-8,15H,9-12H2,1H3,(H,20,23)/b8-7+/t15-/m1/s1. The number of hydrogen-bond donors (Lipinski definition) is 1. The number of benzene rings is 1. The zero-order valence-electron chi connectivity index (χ0n) is 12.9. The number of nitrogens with zero attached hydrogens (tertiary/aromatic N) is 2. The Hall–Kier alpha value is -0.780. The van der Waals surface area contributed by atoms with Crippen molar-refractivity contribution in [2.45, 2.75) is 9.96 Å². The number of alkyl halides is 3. The zero-order chi connectivity index (χ0) is 16.9. The first-order valence-corrected chi connectivity index (χ1v) is 8.52. The summed E-state index contributed by atoms with van der Waals surface area (Å²) in [6.07, 6.45) is 2.53. The molecule has 1 N–H and O–H groups in total. The van der Waals surface area contributed by atoms with Gasteiger partial charge in [-0.25, -0.2) is 0 Å². The van der Waals surface area contributed by atoms with Crippen molar-refractivity contribution in [3.63, 3.8) is 0 Å². The minimum Gasteiger partial charge on any atom is -0.333 e. The molecule has 0 bridgehead atoms. The summed E-state index contributed by atoms with van der Waals surface area (Å²) < 4.78 is -1.59. The molecule has 126 valence electrons. The van der Waals surface area contributed by atoms with Crippen LogP contribution in [0.2, 0.25) is 0 Å². The number of carbonyl (C=O) groups is 1. The van der Waals surface area contributed by atoms with Gasteiger partial charge in [0.15, 0.2) is 0 Å². The fourth-order valence-electron chi connectivity index (χ4n) is 2.38. The quantitative estimate of drug-likeness (QED) is 0.648. The van der Waals surface area contributed by atoms with Crippen molar-refractivity contribution < 1.29 is 4.79 Å². The van der Waals surface area contributed by atoms with Gasteiger partial charge < -0.3 is 10.2 Å². The Morgan fingerprint density at radius 3 is 2.35 bits per heavy atom. The van der Waals surface area contributed by atoms with Crippen LogP contribution >= 0.6 is 34.8 Å². The summed E-state index contributed by atoms with van der Waals surface area (Å²) in [6, 6.07) is 9.56. The van der Waals surface area contributed by atoms with Crippen molar-refractivity contribution in [2.24, 2.45) is 0 Å². The highest BCUT2D eigenvalue weighted by Crippen LogP contribution is 2.32. The lowest BCUT2D eigenvalue weighted by molar-refractivity contribution is -0.118. The minimum absolute atomic E-state index is 0.288. The first-order chi connectivity index (χ1) is 10.9. The Bertz CT molecular complexity index is 537. The highest BCUT2D eigenvalue weighted by molar-refractivity contribution is 6.68. The molecule has 0 spiro atoms. The average Bonchev–Trinajstić information content (AvgIpc) is 2.52. The van der Waals surface area contributed by atoms with Gasteiger partial charge in [-0.1, -0.05) is 65.1 Å². The number of piperazine rings is 1. The van der Waals surface area contributed by atoms with E-state index in [1.165, 1.54) is 6.08 Å². The molecule has 1 amide bonds. The van der Waals surface area contributed by atoms with Gasteiger partial charge in [-0.2, -0.15) is 0 Å². The minimum atomic E-state index is -1.59. The number of rotatable bonds is 4. The average molecular weight is 377 g/mol. The van der Waals surface area contributed by atoms with Crippen LogP contribution in [-0.4, -0.2) is 58.9 Å². The van der Waals surface area contributed by atoms with Crippen LogP contribution in [0, 0.1) is 0 Å². The van der Waals surface area contributed by atoms with E-state index in [1.54, 1.807) is 6.08 Å². The fourth-order valence-corrected chi connectivity index (χ4v) is 2.96. The van der Waals surface area contributed by atoms with Crippen LogP contribution < -0.4 is 5.32 Å². The van der Waals surface area contributed by atoms with Gasteiger partial charge in [-0.05, 0) is 18.7 Å². The van der Waals surface area contributed by atoms with Crippen molar-refractivity contribution in [1.29, 1.82) is 0 Å². The molecule has 2 rings (SSSR count). The van der Waals surface area contributed by atoms with Crippen LogP contribution in [0.25, 0.3) is 6.08 Å². The zero-order valence-corrected chi connectivity index (χ0v) is 15.2. The smallest absolute Gasteiger partial charge is 0.245 e. The molecule has 0 saturated carbocycles. The molecule has 4 nitrogen and oxygen atoms in total. The van der Waals surface area contributed by atoms with E-state index in [0.717, 1.165) is 31.7 Å². The van der Waals surface area contributed by atoms with Gasteiger partial charge in [-0.3, -0.25) is 9.69 Å². The van der Waals surface area contributed by atoms with Gasteiger partial charge in [0.05, 0.1) is 0 Å². The summed E-state index contributed by atoms with van der Waals surface area (Å²) in [4.78, 5) is 16.4. The third-order valence-corrected chi connectivity index (χ3v) is 4.34. The number of halogens is 3. The summed E-state index contributed by atoms with van der Waals surface area (Å²) in [7, 11) is 2.04. The van der Waals surface area contributed by atoms with Gasteiger partial charge >= 0.3 is 0 Å². The van der Waals surface area contributed by atoms with Gasteiger partial charge in [0, 0.05) is 32.3 Å². The van der Waals surface area contributed by atoms with Crippen LogP contribution in [0.4, 0.5) is 0 Å². The molecule has 1 saturated heterocycles. The van der Waals surface area contributed by atoms with Crippen LogP contribution in [-0.2, 0) is 4.79 Å². The Morgan fingerprint density at radius 2 is 1.78 bits per heavy atom. The second-order valence-corrected chi connectivity index (χ2v) is 7.90. The van der Waals surface area contributed by atoms with E-state index in [0.29, 0.717) is 0 Å². The maximum Gasteiger partial charge on any atom is 0.245 e. The number of hydrogen-bond acceptors (Lipinski definition) is 3. The lowest BCUT2D eigenvalue weighted by Crippen LogP contribution is -2.60. The SMILES string of the molecule is CN1CCN([C@@H](NC(=O)/C=C/c2ccccc2)C(Cl)(Cl)Cl)CC1. The molecule has 1 fully saturated rings. The van der Waals surface area contributed by atoms with Crippen LogP contribution in [0.1, 0.15) is 5.56 Å². The lowest BCUT2D eigenvalue weighted by Gasteiger charge is -2.40. The normalized spacial score (nSPS) is 19.0. The predicted octanol–water partition coefficient (Wildman–Crippen LogP) is 2.76. The number of nitrogens with one attached hydrogen (secondary N) is 1. The van der Waals surface area contributed by atoms with Crippen molar-refractivity contribution in [3.8, 4) is 0 Å². The van der Waals surface area contributed by atoms with E-state index in [1.807, 2.05) is 42.3 Å². The Kier molecular flexibility index (Phi) is 6.74. The van der Waals surface area contributed by atoms with Crippen molar-refractivity contribution in [2.75, 3.05) is 33.2 Å². The Labute approximate surface area is 152 Å². The summed E-state index contributed by atoms with van der Waals surface area (Å²) in [6.45, 7) is 3.20. The third-order valence-electron chi connectivity index (χ3n) is 3.72. The Morgan fingerprint density at radius 1 is 1.17 bits per heavy atom. The maximum absolute atomic E-state index is 12.2. The molecule has 23 heavy (non-hydrogen) atoms. The van der Waals surface area contributed by atoms with Crippen LogP contribution in [0.15, 0.2) is 36.4 Å². The van der Waals surface area contributed by atoms with Crippen LogP contribution in [0.3, 0.4) is 0 Å². The molecule has 1 heterocycles.